The highest BCUT2D eigenvalue weighted by atomic mass is 16.4. The van der Waals surface area contributed by atoms with E-state index in [9.17, 15) is 14.4 Å². The van der Waals surface area contributed by atoms with Crippen molar-refractivity contribution in [1.82, 2.24) is 5.32 Å². The third-order valence-electron chi connectivity index (χ3n) is 1.72. The molecular formula is C12H27N3O6. The van der Waals surface area contributed by atoms with Crippen LogP contribution in [0.15, 0.2) is 0 Å². The summed E-state index contributed by atoms with van der Waals surface area (Å²) in [7, 11) is 0. The van der Waals surface area contributed by atoms with Gasteiger partial charge in [-0.15, -0.1) is 0 Å². The summed E-state index contributed by atoms with van der Waals surface area (Å²) in [5, 5.41) is 26.6. The number of carboxylic acid groups (broad SMARTS) is 3. The van der Waals surface area contributed by atoms with Crippen molar-refractivity contribution in [3.8, 4) is 0 Å². The zero-order valence-corrected chi connectivity index (χ0v) is 12.4. The molecule has 0 spiro atoms. The lowest BCUT2D eigenvalue weighted by atomic mass is 10.3. The first-order chi connectivity index (χ1) is 9.81. The number of carbonyl (C=O) groups is 3. The number of nitrogens with one attached hydrogen (secondary N) is 1. The molecule has 9 nitrogen and oxygen atoms in total. The lowest BCUT2D eigenvalue weighted by Crippen LogP contribution is -2.21. The van der Waals surface area contributed by atoms with Gasteiger partial charge in [-0.3, -0.25) is 14.4 Å². The van der Waals surface area contributed by atoms with Gasteiger partial charge in [0.1, 0.15) is 0 Å². The molecular weight excluding hydrogens is 282 g/mol. The minimum Gasteiger partial charge on any atom is -0.481 e. The van der Waals surface area contributed by atoms with E-state index in [-0.39, 0.29) is 19.4 Å². The molecule has 0 saturated heterocycles. The van der Waals surface area contributed by atoms with Crippen molar-refractivity contribution in [1.29, 1.82) is 0 Å². The zero-order valence-electron chi connectivity index (χ0n) is 12.4. The van der Waals surface area contributed by atoms with Crippen LogP contribution >= 0.6 is 0 Å². The van der Waals surface area contributed by atoms with Gasteiger partial charge in [0, 0.05) is 12.8 Å². The number of aliphatic carboxylic acids is 3. The maximum Gasteiger partial charge on any atom is 0.317 e. The van der Waals surface area contributed by atoms with Crippen LogP contribution < -0.4 is 16.8 Å². The molecule has 126 valence electrons. The standard InChI is InChI=1S/3C4H9NO2/c1-2-5-3-4(6)7;2*5-3-1-2-4(6)7/h5H,2-3H2,1H3,(H,6,7);2*1-3,5H2,(H,6,7). The van der Waals surface area contributed by atoms with E-state index in [1.54, 1.807) is 0 Å². The monoisotopic (exact) mass is 309 g/mol. The highest BCUT2D eigenvalue weighted by Crippen LogP contribution is 1.82. The first-order valence-electron chi connectivity index (χ1n) is 6.57. The number of carboxylic acids is 3. The maximum absolute atomic E-state index is 9.70. The average molecular weight is 309 g/mol. The van der Waals surface area contributed by atoms with Gasteiger partial charge in [-0.2, -0.15) is 0 Å². The van der Waals surface area contributed by atoms with Crippen molar-refractivity contribution in [2.24, 2.45) is 11.5 Å². The Labute approximate surface area is 124 Å². The predicted octanol–water partition coefficient (Wildman–Crippen LogP) is -0.700. The number of likely N-dealkylation sites (N-methyl/N-ethyl adjacent to an activating group) is 1. The molecule has 21 heavy (non-hydrogen) atoms. The van der Waals surface area contributed by atoms with Gasteiger partial charge < -0.3 is 32.1 Å². The fraction of sp³-hybridized carbons (Fsp3) is 0.750. The van der Waals surface area contributed by atoms with E-state index >= 15 is 0 Å². The minimum absolute atomic E-state index is 0.0660. The maximum atomic E-state index is 9.70. The summed E-state index contributed by atoms with van der Waals surface area (Å²) >= 11 is 0. The van der Waals surface area contributed by atoms with E-state index in [2.05, 4.69) is 5.32 Å². The minimum atomic E-state index is -0.804. The highest BCUT2D eigenvalue weighted by Gasteiger charge is 1.91. The molecule has 8 N–H and O–H groups in total. The zero-order chi connectivity index (χ0) is 17.1. The topological polar surface area (TPSA) is 176 Å². The molecule has 0 aliphatic carbocycles. The fourth-order valence-corrected chi connectivity index (χ4v) is 0.739. The molecule has 0 heterocycles. The Bertz CT molecular complexity index is 231. The molecule has 9 heteroatoms. The molecule has 0 atom stereocenters. The van der Waals surface area contributed by atoms with Crippen LogP contribution in [0.2, 0.25) is 0 Å². The quantitative estimate of drug-likeness (QED) is 0.321. The molecule has 0 bridgehead atoms. The van der Waals surface area contributed by atoms with Crippen LogP contribution in [0.1, 0.15) is 32.6 Å². The number of hydrogen-bond donors (Lipinski definition) is 6. The molecule has 0 aromatic rings. The molecule has 0 aliphatic heterocycles. The molecule has 0 radical (unpaired) electrons. The Hall–Kier alpha value is -1.71. The van der Waals surface area contributed by atoms with Crippen LogP contribution in [-0.2, 0) is 14.4 Å². The van der Waals surface area contributed by atoms with Gasteiger partial charge in [0.2, 0.25) is 0 Å². The number of rotatable bonds is 9. The van der Waals surface area contributed by atoms with Gasteiger partial charge in [0.15, 0.2) is 0 Å². The second kappa shape index (κ2) is 20.6. The van der Waals surface area contributed by atoms with Gasteiger partial charge in [-0.1, -0.05) is 6.92 Å². The van der Waals surface area contributed by atoms with Crippen LogP contribution in [0.3, 0.4) is 0 Å². The molecule has 0 aliphatic rings. The number of hydrogen-bond acceptors (Lipinski definition) is 6. The van der Waals surface area contributed by atoms with E-state index in [0.29, 0.717) is 32.5 Å². The van der Waals surface area contributed by atoms with Crippen LogP contribution in [0.25, 0.3) is 0 Å². The Morgan fingerprint density at radius 2 is 1.24 bits per heavy atom. The Morgan fingerprint density at radius 1 is 0.857 bits per heavy atom. The first-order valence-corrected chi connectivity index (χ1v) is 6.57. The molecule has 0 fully saturated rings. The Kier molecular flexibility index (Phi) is 23.9. The summed E-state index contributed by atoms with van der Waals surface area (Å²) in [5.41, 5.74) is 10.0. The lowest BCUT2D eigenvalue weighted by molar-refractivity contribution is -0.138. The Morgan fingerprint density at radius 3 is 1.33 bits per heavy atom. The van der Waals surface area contributed by atoms with Crippen LogP contribution in [0.4, 0.5) is 0 Å². The lowest BCUT2D eigenvalue weighted by Gasteiger charge is -1.90. The van der Waals surface area contributed by atoms with Crippen LogP contribution in [-0.4, -0.2) is 59.4 Å². The van der Waals surface area contributed by atoms with Crippen molar-refractivity contribution in [3.05, 3.63) is 0 Å². The van der Waals surface area contributed by atoms with E-state index < -0.39 is 17.9 Å². The van der Waals surface area contributed by atoms with Crippen LogP contribution in [0, 0.1) is 0 Å². The van der Waals surface area contributed by atoms with E-state index in [1.807, 2.05) is 6.92 Å². The highest BCUT2D eigenvalue weighted by molar-refractivity contribution is 5.69. The van der Waals surface area contributed by atoms with Crippen molar-refractivity contribution < 1.29 is 29.7 Å². The SMILES string of the molecule is CCNCC(=O)O.NCCCC(=O)O.NCCCC(=O)O. The number of nitrogens with two attached hydrogens (primary N) is 2. The summed E-state index contributed by atoms with van der Waals surface area (Å²) in [4.78, 5) is 29.1. The summed E-state index contributed by atoms with van der Waals surface area (Å²) in [6, 6.07) is 0. The summed E-state index contributed by atoms with van der Waals surface area (Å²) in [5.74, 6) is -2.35. The van der Waals surface area contributed by atoms with Crippen LogP contribution in [0.5, 0.6) is 0 Å². The first kappa shape index (κ1) is 24.3. The molecule has 0 saturated carbocycles. The van der Waals surface area contributed by atoms with Gasteiger partial charge in [-0.25, -0.2) is 0 Å². The third kappa shape index (κ3) is 45.8. The molecule has 0 aromatic carbocycles. The Balaban J connectivity index is -0.000000231. The summed E-state index contributed by atoms with van der Waals surface area (Å²) in [6.45, 7) is 3.57. The second-order valence-electron chi connectivity index (χ2n) is 3.75. The smallest absolute Gasteiger partial charge is 0.317 e. The van der Waals surface area contributed by atoms with Gasteiger partial charge in [0.25, 0.3) is 0 Å². The molecule has 0 aromatic heterocycles. The van der Waals surface area contributed by atoms with Crippen molar-refractivity contribution >= 4 is 17.9 Å². The average Bonchev–Trinajstić information content (AvgIpc) is 2.41. The fourth-order valence-electron chi connectivity index (χ4n) is 0.739. The molecule has 0 amide bonds. The van der Waals surface area contributed by atoms with Crippen molar-refractivity contribution in [2.75, 3.05) is 26.2 Å². The molecule has 0 rings (SSSR count). The summed E-state index contributed by atoms with van der Waals surface area (Å²) < 4.78 is 0. The largest absolute Gasteiger partial charge is 0.481 e. The molecule has 0 unspecified atom stereocenters. The van der Waals surface area contributed by atoms with E-state index in [0.717, 1.165) is 0 Å². The van der Waals surface area contributed by atoms with Crippen molar-refractivity contribution in [3.63, 3.8) is 0 Å². The second-order valence-corrected chi connectivity index (χ2v) is 3.75. The van der Waals surface area contributed by atoms with Crippen molar-refractivity contribution in [2.45, 2.75) is 32.6 Å². The summed E-state index contributed by atoms with van der Waals surface area (Å²) in [6.07, 6.45) is 1.54. The van der Waals surface area contributed by atoms with E-state index in [1.165, 1.54) is 0 Å². The normalized spacial score (nSPS) is 8.71. The van der Waals surface area contributed by atoms with Gasteiger partial charge >= 0.3 is 17.9 Å². The third-order valence-corrected chi connectivity index (χ3v) is 1.72. The van der Waals surface area contributed by atoms with Gasteiger partial charge in [0.05, 0.1) is 6.54 Å². The predicted molar refractivity (Wildman–Crippen MR) is 78.0 cm³/mol. The van der Waals surface area contributed by atoms with Gasteiger partial charge in [-0.05, 0) is 32.5 Å². The van der Waals surface area contributed by atoms with E-state index in [4.69, 9.17) is 26.8 Å².